The SMILES string of the molecule is CC1=C(C(=O)c2ccccc2)CCCN1. The summed E-state index contributed by atoms with van der Waals surface area (Å²) in [5.74, 6) is 0.167. The summed E-state index contributed by atoms with van der Waals surface area (Å²) in [7, 11) is 0. The quantitative estimate of drug-likeness (QED) is 0.745. The van der Waals surface area contributed by atoms with Gasteiger partial charge in [0.25, 0.3) is 0 Å². The zero-order chi connectivity index (χ0) is 10.7. The van der Waals surface area contributed by atoms with Crippen LogP contribution in [0.15, 0.2) is 41.6 Å². The van der Waals surface area contributed by atoms with E-state index in [9.17, 15) is 4.79 Å². The first kappa shape index (κ1) is 9.97. The molecule has 0 unspecified atom stereocenters. The van der Waals surface area contributed by atoms with Crippen molar-refractivity contribution in [3.05, 3.63) is 47.2 Å². The molecule has 78 valence electrons. The van der Waals surface area contributed by atoms with Crippen LogP contribution in [0, 0.1) is 0 Å². The molecule has 0 saturated heterocycles. The summed E-state index contributed by atoms with van der Waals surface area (Å²) in [6, 6.07) is 9.48. The van der Waals surface area contributed by atoms with Crippen LogP contribution >= 0.6 is 0 Å². The Morgan fingerprint density at radius 3 is 2.67 bits per heavy atom. The van der Waals surface area contributed by atoms with Gasteiger partial charge in [-0.25, -0.2) is 0 Å². The van der Waals surface area contributed by atoms with Gasteiger partial charge < -0.3 is 5.32 Å². The Kier molecular flexibility index (Phi) is 2.86. The van der Waals surface area contributed by atoms with Gasteiger partial charge >= 0.3 is 0 Å². The maximum absolute atomic E-state index is 12.1. The number of carbonyl (C=O) groups is 1. The maximum Gasteiger partial charge on any atom is 0.190 e. The van der Waals surface area contributed by atoms with E-state index in [1.807, 2.05) is 37.3 Å². The van der Waals surface area contributed by atoms with Crippen LogP contribution in [0.1, 0.15) is 30.1 Å². The smallest absolute Gasteiger partial charge is 0.190 e. The first-order chi connectivity index (χ1) is 7.29. The van der Waals surface area contributed by atoms with Gasteiger partial charge in [-0.15, -0.1) is 0 Å². The summed E-state index contributed by atoms with van der Waals surface area (Å²) in [4.78, 5) is 12.1. The Bertz CT molecular complexity index is 392. The molecule has 0 amide bonds. The molecule has 15 heavy (non-hydrogen) atoms. The molecule has 0 fully saturated rings. The molecule has 0 radical (unpaired) electrons. The minimum absolute atomic E-state index is 0.167. The fourth-order valence-corrected chi connectivity index (χ4v) is 1.88. The first-order valence-corrected chi connectivity index (χ1v) is 5.32. The Hall–Kier alpha value is -1.57. The van der Waals surface area contributed by atoms with E-state index in [-0.39, 0.29) is 5.78 Å². The van der Waals surface area contributed by atoms with Crippen molar-refractivity contribution in [2.24, 2.45) is 0 Å². The van der Waals surface area contributed by atoms with E-state index in [1.165, 1.54) is 0 Å². The van der Waals surface area contributed by atoms with Crippen molar-refractivity contribution in [2.75, 3.05) is 6.54 Å². The molecule has 1 aliphatic heterocycles. The molecule has 0 atom stereocenters. The second kappa shape index (κ2) is 4.30. The molecule has 0 aromatic heterocycles. The summed E-state index contributed by atoms with van der Waals surface area (Å²) >= 11 is 0. The molecule has 0 spiro atoms. The molecule has 1 heterocycles. The molecule has 0 saturated carbocycles. The number of ketones is 1. The van der Waals surface area contributed by atoms with E-state index in [1.54, 1.807) is 0 Å². The number of carbonyl (C=O) groups excluding carboxylic acids is 1. The fraction of sp³-hybridized carbons (Fsp3) is 0.308. The lowest BCUT2D eigenvalue weighted by Gasteiger charge is -2.18. The van der Waals surface area contributed by atoms with Crippen LogP contribution in [-0.4, -0.2) is 12.3 Å². The standard InChI is InChI=1S/C13H15NO/c1-10-12(8-5-9-14-10)13(15)11-6-3-2-4-7-11/h2-4,6-7,14H,5,8-9H2,1H3. The average Bonchev–Trinajstić information content (AvgIpc) is 2.30. The third-order valence-electron chi connectivity index (χ3n) is 2.76. The number of nitrogens with one attached hydrogen (secondary N) is 1. The normalized spacial score (nSPS) is 16.1. The highest BCUT2D eigenvalue weighted by Gasteiger charge is 2.17. The second-order valence-corrected chi connectivity index (χ2v) is 3.83. The van der Waals surface area contributed by atoms with Gasteiger partial charge in [0.1, 0.15) is 0 Å². The van der Waals surface area contributed by atoms with Gasteiger partial charge in [0.2, 0.25) is 0 Å². The largest absolute Gasteiger partial charge is 0.388 e. The van der Waals surface area contributed by atoms with Crippen LogP contribution in [0.4, 0.5) is 0 Å². The minimum atomic E-state index is 0.167. The Morgan fingerprint density at radius 1 is 1.27 bits per heavy atom. The molecule has 0 bridgehead atoms. The van der Waals surface area contributed by atoms with E-state index in [2.05, 4.69) is 5.32 Å². The monoisotopic (exact) mass is 201 g/mol. The van der Waals surface area contributed by atoms with Crippen LogP contribution in [0.5, 0.6) is 0 Å². The number of Topliss-reactive ketones (excluding diaryl/α,β-unsaturated/α-hetero) is 1. The highest BCUT2D eigenvalue weighted by atomic mass is 16.1. The maximum atomic E-state index is 12.1. The van der Waals surface area contributed by atoms with E-state index in [0.29, 0.717) is 0 Å². The number of hydrogen-bond acceptors (Lipinski definition) is 2. The average molecular weight is 201 g/mol. The van der Waals surface area contributed by atoms with Gasteiger partial charge in [-0.1, -0.05) is 30.3 Å². The molecule has 2 nitrogen and oxygen atoms in total. The molecule has 2 heteroatoms. The van der Waals surface area contributed by atoms with Crippen LogP contribution in [0.3, 0.4) is 0 Å². The first-order valence-electron chi connectivity index (χ1n) is 5.32. The van der Waals surface area contributed by atoms with Crippen molar-refractivity contribution in [3.63, 3.8) is 0 Å². The Balaban J connectivity index is 2.28. The summed E-state index contributed by atoms with van der Waals surface area (Å²) in [6.45, 7) is 2.97. The molecule has 0 aliphatic carbocycles. The predicted molar refractivity (Wildman–Crippen MR) is 60.7 cm³/mol. The molecule has 1 N–H and O–H groups in total. The number of rotatable bonds is 2. The van der Waals surface area contributed by atoms with Crippen molar-refractivity contribution >= 4 is 5.78 Å². The van der Waals surface area contributed by atoms with Crippen molar-refractivity contribution in [1.29, 1.82) is 0 Å². The predicted octanol–water partition coefficient (Wildman–Crippen LogP) is 2.53. The lowest BCUT2D eigenvalue weighted by atomic mass is 9.96. The van der Waals surface area contributed by atoms with Crippen molar-refractivity contribution in [2.45, 2.75) is 19.8 Å². The van der Waals surface area contributed by atoms with Crippen LogP contribution in [0.2, 0.25) is 0 Å². The van der Waals surface area contributed by atoms with Crippen LogP contribution in [-0.2, 0) is 0 Å². The highest BCUT2D eigenvalue weighted by Crippen LogP contribution is 2.19. The third kappa shape index (κ3) is 2.09. The molecule has 1 aliphatic rings. The van der Waals surface area contributed by atoms with E-state index in [4.69, 9.17) is 0 Å². The third-order valence-corrected chi connectivity index (χ3v) is 2.76. The summed E-state index contributed by atoms with van der Waals surface area (Å²) < 4.78 is 0. The molecular weight excluding hydrogens is 186 g/mol. The highest BCUT2D eigenvalue weighted by molar-refractivity contribution is 6.09. The number of hydrogen-bond donors (Lipinski definition) is 1. The van der Waals surface area contributed by atoms with Crippen molar-refractivity contribution in [3.8, 4) is 0 Å². The number of benzene rings is 1. The fourth-order valence-electron chi connectivity index (χ4n) is 1.88. The van der Waals surface area contributed by atoms with Gasteiger partial charge in [0.15, 0.2) is 5.78 Å². The topological polar surface area (TPSA) is 29.1 Å². The van der Waals surface area contributed by atoms with Crippen molar-refractivity contribution in [1.82, 2.24) is 5.32 Å². The molecular formula is C13H15NO. The number of allylic oxidation sites excluding steroid dienone is 2. The Morgan fingerprint density at radius 2 is 2.00 bits per heavy atom. The Labute approximate surface area is 90.0 Å². The van der Waals surface area contributed by atoms with Gasteiger partial charge in [0, 0.05) is 23.4 Å². The second-order valence-electron chi connectivity index (χ2n) is 3.83. The lowest BCUT2D eigenvalue weighted by molar-refractivity contribution is 0.102. The summed E-state index contributed by atoms with van der Waals surface area (Å²) in [5.41, 5.74) is 2.76. The van der Waals surface area contributed by atoms with E-state index < -0.39 is 0 Å². The summed E-state index contributed by atoms with van der Waals surface area (Å²) in [5, 5.41) is 3.24. The van der Waals surface area contributed by atoms with Crippen LogP contribution in [0.25, 0.3) is 0 Å². The molecule has 1 aromatic carbocycles. The van der Waals surface area contributed by atoms with Gasteiger partial charge in [-0.3, -0.25) is 4.79 Å². The molecule has 1 aromatic rings. The van der Waals surface area contributed by atoms with Gasteiger partial charge in [-0.2, -0.15) is 0 Å². The lowest BCUT2D eigenvalue weighted by Crippen LogP contribution is -2.23. The zero-order valence-corrected chi connectivity index (χ0v) is 8.92. The van der Waals surface area contributed by atoms with Crippen molar-refractivity contribution < 1.29 is 4.79 Å². The molecule has 2 rings (SSSR count). The zero-order valence-electron chi connectivity index (χ0n) is 8.92. The van der Waals surface area contributed by atoms with Gasteiger partial charge in [-0.05, 0) is 19.8 Å². The van der Waals surface area contributed by atoms with E-state index >= 15 is 0 Å². The summed E-state index contributed by atoms with van der Waals surface area (Å²) in [6.07, 6.45) is 1.94. The van der Waals surface area contributed by atoms with E-state index in [0.717, 1.165) is 36.2 Å². The van der Waals surface area contributed by atoms with Gasteiger partial charge in [0.05, 0.1) is 0 Å². The van der Waals surface area contributed by atoms with Crippen LogP contribution < -0.4 is 5.32 Å². The minimum Gasteiger partial charge on any atom is -0.388 e.